The highest BCUT2D eigenvalue weighted by Crippen LogP contribution is 2.27. The number of hydrogen-bond acceptors (Lipinski definition) is 0. The molecular formula is C17H15N2+. The Bertz CT molecular complexity index is 932. The van der Waals surface area contributed by atoms with Crippen LogP contribution in [0.2, 0.25) is 0 Å². The van der Waals surface area contributed by atoms with Gasteiger partial charge in [0.2, 0.25) is 11.0 Å². The zero-order valence-corrected chi connectivity index (χ0v) is 11.1. The van der Waals surface area contributed by atoms with Gasteiger partial charge in [0.25, 0.3) is 0 Å². The molecule has 2 heteroatoms. The van der Waals surface area contributed by atoms with Crippen molar-refractivity contribution in [1.29, 1.82) is 0 Å². The molecule has 4 rings (SSSR count). The van der Waals surface area contributed by atoms with Gasteiger partial charge in [-0.25, -0.2) is 0 Å². The van der Waals surface area contributed by atoms with Crippen LogP contribution in [-0.2, 0) is 7.05 Å². The van der Waals surface area contributed by atoms with Gasteiger partial charge >= 0.3 is 0 Å². The first kappa shape index (κ1) is 10.6. The van der Waals surface area contributed by atoms with E-state index in [-0.39, 0.29) is 0 Å². The zero-order valence-electron chi connectivity index (χ0n) is 11.1. The van der Waals surface area contributed by atoms with Crippen molar-refractivity contribution >= 4 is 32.8 Å². The van der Waals surface area contributed by atoms with E-state index < -0.39 is 0 Å². The molecule has 0 amide bonds. The zero-order chi connectivity index (χ0) is 13.0. The predicted octanol–water partition coefficient (Wildman–Crippen LogP) is 3.61. The van der Waals surface area contributed by atoms with Crippen LogP contribution in [0.25, 0.3) is 32.8 Å². The summed E-state index contributed by atoms with van der Waals surface area (Å²) in [6.45, 7) is 2.15. The van der Waals surface area contributed by atoms with Crippen LogP contribution in [0.4, 0.5) is 0 Å². The minimum absolute atomic E-state index is 1.20. The number of benzene rings is 2. The Kier molecular flexibility index (Phi) is 1.99. The van der Waals surface area contributed by atoms with Gasteiger partial charge in [-0.05, 0) is 30.7 Å². The number of para-hydroxylation sites is 2. The third-order valence-electron chi connectivity index (χ3n) is 3.98. The summed E-state index contributed by atoms with van der Waals surface area (Å²) in [7, 11) is 2.14. The number of H-pyrrole nitrogens is 1. The van der Waals surface area contributed by atoms with Crippen LogP contribution in [0, 0.1) is 6.92 Å². The third kappa shape index (κ3) is 1.34. The molecule has 4 aromatic rings. The molecule has 92 valence electrons. The van der Waals surface area contributed by atoms with Gasteiger partial charge in [-0.15, -0.1) is 0 Å². The second-order valence-electron chi connectivity index (χ2n) is 5.15. The molecule has 0 radical (unpaired) electrons. The summed E-state index contributed by atoms with van der Waals surface area (Å²) in [5.74, 6) is 0. The minimum Gasteiger partial charge on any atom is -0.349 e. The predicted molar refractivity (Wildman–Crippen MR) is 79.2 cm³/mol. The lowest BCUT2D eigenvalue weighted by molar-refractivity contribution is -0.616. The minimum atomic E-state index is 1.20. The number of hydrogen-bond donors (Lipinski definition) is 1. The van der Waals surface area contributed by atoms with Crippen LogP contribution in [0.5, 0.6) is 0 Å². The van der Waals surface area contributed by atoms with Gasteiger partial charge in [-0.1, -0.05) is 24.3 Å². The molecule has 0 unspecified atom stereocenters. The summed E-state index contributed by atoms with van der Waals surface area (Å²) < 4.78 is 2.28. The van der Waals surface area contributed by atoms with E-state index in [1.165, 1.54) is 38.4 Å². The second kappa shape index (κ2) is 3.58. The van der Waals surface area contributed by atoms with Gasteiger partial charge in [0.05, 0.1) is 10.9 Å². The largest absolute Gasteiger partial charge is 0.349 e. The van der Waals surface area contributed by atoms with Gasteiger partial charge in [-0.3, -0.25) is 0 Å². The molecule has 0 aliphatic heterocycles. The van der Waals surface area contributed by atoms with Crippen LogP contribution in [0.3, 0.4) is 0 Å². The summed E-state index contributed by atoms with van der Waals surface area (Å²) in [5, 5.41) is 2.56. The van der Waals surface area contributed by atoms with Crippen molar-refractivity contribution in [1.82, 2.24) is 4.98 Å². The van der Waals surface area contributed by atoms with Gasteiger partial charge in [-0.2, -0.15) is 4.57 Å². The van der Waals surface area contributed by atoms with Gasteiger partial charge in [0.1, 0.15) is 12.6 Å². The van der Waals surface area contributed by atoms with Crippen LogP contribution < -0.4 is 4.57 Å². The topological polar surface area (TPSA) is 19.7 Å². The Morgan fingerprint density at radius 3 is 2.74 bits per heavy atom. The van der Waals surface area contributed by atoms with Gasteiger partial charge < -0.3 is 4.98 Å². The summed E-state index contributed by atoms with van der Waals surface area (Å²) in [6, 6.07) is 17.2. The smallest absolute Gasteiger partial charge is 0.238 e. The molecule has 0 aliphatic carbocycles. The number of aromatic amines is 1. The third-order valence-corrected chi connectivity index (χ3v) is 3.98. The molecule has 1 N–H and O–H groups in total. The molecule has 0 spiro atoms. The highest BCUT2D eigenvalue weighted by atomic mass is 15.0. The summed E-state index contributed by atoms with van der Waals surface area (Å²) >= 11 is 0. The highest BCUT2D eigenvalue weighted by Gasteiger charge is 2.17. The first-order valence-corrected chi connectivity index (χ1v) is 6.54. The Morgan fingerprint density at radius 2 is 1.84 bits per heavy atom. The fourth-order valence-corrected chi connectivity index (χ4v) is 3.03. The molecule has 0 saturated carbocycles. The van der Waals surface area contributed by atoms with E-state index in [9.17, 15) is 0 Å². The molecule has 0 saturated heterocycles. The molecule has 0 bridgehead atoms. The van der Waals surface area contributed by atoms with Crippen LogP contribution >= 0.6 is 0 Å². The maximum Gasteiger partial charge on any atom is 0.238 e. The first-order valence-electron chi connectivity index (χ1n) is 6.54. The number of aromatic nitrogens is 2. The molecule has 2 aromatic carbocycles. The standard InChI is InChI=1S/C17H14N2/c1-11-6-5-8-13-16(11)18-14-10-12-7-3-4-9-15(12)19(2)17(13)14/h3-10H,1-2H3/p+1. The van der Waals surface area contributed by atoms with Crippen LogP contribution in [-0.4, -0.2) is 4.98 Å². The van der Waals surface area contributed by atoms with Crippen molar-refractivity contribution in [2.75, 3.05) is 0 Å². The molecule has 2 aromatic heterocycles. The molecule has 19 heavy (non-hydrogen) atoms. The lowest BCUT2D eigenvalue weighted by Gasteiger charge is -1.98. The number of nitrogens with zero attached hydrogens (tertiary/aromatic N) is 1. The van der Waals surface area contributed by atoms with E-state index in [0.717, 1.165) is 0 Å². The van der Waals surface area contributed by atoms with E-state index >= 15 is 0 Å². The van der Waals surface area contributed by atoms with Crippen LogP contribution in [0.15, 0.2) is 48.5 Å². The number of fused-ring (bicyclic) bond motifs is 4. The summed E-state index contributed by atoms with van der Waals surface area (Å²) in [6.07, 6.45) is 0. The van der Waals surface area contributed by atoms with E-state index in [0.29, 0.717) is 0 Å². The molecule has 0 atom stereocenters. The van der Waals surface area contributed by atoms with E-state index in [1.807, 2.05) is 0 Å². The Morgan fingerprint density at radius 1 is 1.00 bits per heavy atom. The average Bonchev–Trinajstić information content (AvgIpc) is 2.79. The molecule has 2 heterocycles. The summed E-state index contributed by atoms with van der Waals surface area (Å²) in [4.78, 5) is 3.56. The monoisotopic (exact) mass is 247 g/mol. The summed E-state index contributed by atoms with van der Waals surface area (Å²) in [5.41, 5.74) is 6.27. The quantitative estimate of drug-likeness (QED) is 0.458. The average molecular weight is 247 g/mol. The lowest BCUT2D eigenvalue weighted by Crippen LogP contribution is -2.29. The van der Waals surface area contributed by atoms with Crippen molar-refractivity contribution < 1.29 is 4.57 Å². The number of nitrogens with one attached hydrogen (secondary N) is 1. The van der Waals surface area contributed by atoms with Crippen molar-refractivity contribution in [2.45, 2.75) is 6.92 Å². The molecule has 0 aliphatic rings. The van der Waals surface area contributed by atoms with E-state index in [4.69, 9.17) is 0 Å². The SMILES string of the molecule is Cc1cccc2c1[nH]c1cc3ccccc3[n+](C)c12. The first-order chi connectivity index (χ1) is 9.25. The maximum atomic E-state index is 3.56. The van der Waals surface area contributed by atoms with Gasteiger partial charge in [0.15, 0.2) is 0 Å². The second-order valence-corrected chi connectivity index (χ2v) is 5.15. The van der Waals surface area contributed by atoms with Crippen molar-refractivity contribution in [3.8, 4) is 0 Å². The van der Waals surface area contributed by atoms with E-state index in [1.54, 1.807) is 0 Å². The number of aryl methyl sites for hydroxylation is 2. The van der Waals surface area contributed by atoms with Gasteiger partial charge in [0, 0.05) is 11.5 Å². The number of rotatable bonds is 0. The molecule has 2 nitrogen and oxygen atoms in total. The van der Waals surface area contributed by atoms with Crippen molar-refractivity contribution in [3.63, 3.8) is 0 Å². The van der Waals surface area contributed by atoms with E-state index in [2.05, 4.69) is 72.1 Å². The van der Waals surface area contributed by atoms with Crippen LogP contribution in [0.1, 0.15) is 5.56 Å². The Hall–Kier alpha value is -2.35. The molecular weight excluding hydrogens is 232 g/mol. The Labute approximate surface area is 111 Å². The lowest BCUT2D eigenvalue weighted by atomic mass is 10.1. The number of pyridine rings is 1. The Balaban J connectivity index is 2.34. The molecule has 0 fully saturated rings. The van der Waals surface area contributed by atoms with Crippen molar-refractivity contribution in [3.05, 3.63) is 54.1 Å². The fraction of sp³-hybridized carbons (Fsp3) is 0.118. The fourth-order valence-electron chi connectivity index (χ4n) is 3.03. The normalized spacial score (nSPS) is 11.7. The van der Waals surface area contributed by atoms with Crippen molar-refractivity contribution in [2.24, 2.45) is 7.05 Å². The maximum absolute atomic E-state index is 3.56. The highest BCUT2D eigenvalue weighted by molar-refractivity contribution is 6.06.